The molecule has 0 atom stereocenters. The van der Waals surface area contributed by atoms with Crippen molar-refractivity contribution in [3.8, 4) is 17.2 Å². The van der Waals surface area contributed by atoms with E-state index in [1.165, 1.54) is 16.7 Å². The predicted molar refractivity (Wildman–Crippen MR) is 151 cm³/mol. The quantitative estimate of drug-likeness (QED) is 0.217. The molecule has 0 amide bonds. The van der Waals surface area contributed by atoms with Crippen molar-refractivity contribution in [3.05, 3.63) is 161 Å². The van der Waals surface area contributed by atoms with E-state index < -0.39 is 0 Å². The molecule has 0 spiro atoms. The van der Waals surface area contributed by atoms with Crippen LogP contribution >= 0.6 is 0 Å². The molecule has 1 heterocycles. The Kier molecular flexibility index (Phi) is 6.82. The van der Waals surface area contributed by atoms with E-state index in [1.807, 2.05) is 42.5 Å². The lowest BCUT2D eigenvalue weighted by molar-refractivity contribution is 0.251. The van der Waals surface area contributed by atoms with Crippen molar-refractivity contribution in [1.29, 1.82) is 0 Å². The van der Waals surface area contributed by atoms with Gasteiger partial charge in [0.1, 0.15) is 30.5 Å². The Morgan fingerprint density at radius 3 is 1.53 bits per heavy atom. The van der Waals surface area contributed by atoms with E-state index in [9.17, 15) is 0 Å². The van der Waals surface area contributed by atoms with E-state index in [-0.39, 0.29) is 5.41 Å². The molecule has 5 aromatic carbocycles. The fourth-order valence-electron chi connectivity index (χ4n) is 5.31. The molecule has 3 nitrogen and oxygen atoms in total. The topological polar surface area (TPSA) is 27.7 Å². The van der Waals surface area contributed by atoms with Crippen LogP contribution in [0, 0.1) is 0 Å². The number of benzene rings is 5. The molecule has 0 bridgehead atoms. The van der Waals surface area contributed by atoms with Crippen LogP contribution in [0.1, 0.15) is 34.2 Å². The van der Waals surface area contributed by atoms with Crippen molar-refractivity contribution in [3.63, 3.8) is 0 Å². The Balaban J connectivity index is 1.30. The van der Waals surface area contributed by atoms with Crippen molar-refractivity contribution in [2.24, 2.45) is 0 Å². The lowest BCUT2D eigenvalue weighted by atomic mass is 9.66. The highest BCUT2D eigenvalue weighted by atomic mass is 16.5. The van der Waals surface area contributed by atoms with E-state index in [1.54, 1.807) is 0 Å². The monoisotopic (exact) mass is 498 g/mol. The molecule has 1 aliphatic heterocycles. The van der Waals surface area contributed by atoms with Crippen molar-refractivity contribution in [2.45, 2.75) is 25.0 Å². The summed E-state index contributed by atoms with van der Waals surface area (Å²) < 4.78 is 18.3. The minimum Gasteiger partial charge on any atom is -0.493 e. The van der Waals surface area contributed by atoms with Gasteiger partial charge in [0.25, 0.3) is 0 Å². The Morgan fingerprint density at radius 2 is 1.00 bits per heavy atom. The minimum absolute atomic E-state index is 0.329. The lowest BCUT2D eigenvalue weighted by Gasteiger charge is -2.40. The first-order valence-electron chi connectivity index (χ1n) is 13.1. The van der Waals surface area contributed by atoms with Gasteiger partial charge in [-0.2, -0.15) is 0 Å². The number of ether oxygens (including phenoxy) is 3. The van der Waals surface area contributed by atoms with Crippen molar-refractivity contribution < 1.29 is 14.2 Å². The highest BCUT2D eigenvalue weighted by Gasteiger charge is 2.41. The van der Waals surface area contributed by atoms with Gasteiger partial charge in [0, 0.05) is 5.56 Å². The first-order valence-corrected chi connectivity index (χ1v) is 13.1. The molecule has 0 aliphatic carbocycles. The van der Waals surface area contributed by atoms with Crippen LogP contribution in [0.2, 0.25) is 0 Å². The van der Waals surface area contributed by atoms with Crippen LogP contribution in [0.4, 0.5) is 0 Å². The highest BCUT2D eigenvalue weighted by molar-refractivity contribution is 5.57. The predicted octanol–water partition coefficient (Wildman–Crippen LogP) is 7.96. The fraction of sp³-hybridized carbons (Fsp3) is 0.143. The molecule has 6 rings (SSSR count). The number of hydrogen-bond acceptors (Lipinski definition) is 3. The second-order valence-electron chi connectivity index (χ2n) is 9.60. The highest BCUT2D eigenvalue weighted by Crippen LogP contribution is 2.48. The third-order valence-corrected chi connectivity index (χ3v) is 7.27. The van der Waals surface area contributed by atoms with Gasteiger partial charge in [-0.25, -0.2) is 0 Å². The molecule has 38 heavy (non-hydrogen) atoms. The molecule has 0 aromatic heterocycles. The summed E-state index contributed by atoms with van der Waals surface area (Å²) in [4.78, 5) is 0. The normalized spacial score (nSPS) is 13.7. The van der Waals surface area contributed by atoms with E-state index in [0.29, 0.717) is 19.8 Å². The summed E-state index contributed by atoms with van der Waals surface area (Å²) in [5.74, 6) is 2.66. The average Bonchev–Trinajstić information content (AvgIpc) is 3.00. The molecule has 0 saturated heterocycles. The second-order valence-corrected chi connectivity index (χ2v) is 9.60. The fourth-order valence-corrected chi connectivity index (χ4v) is 5.31. The summed E-state index contributed by atoms with van der Waals surface area (Å²) in [6.45, 7) is 1.74. The minimum atomic E-state index is -0.329. The van der Waals surface area contributed by atoms with Gasteiger partial charge >= 0.3 is 0 Å². The van der Waals surface area contributed by atoms with Gasteiger partial charge in [0.2, 0.25) is 0 Å². The molecule has 5 aromatic rings. The molecule has 0 radical (unpaired) electrons. The standard InChI is InChI=1S/C35H30O3/c1-3-9-27(10-4-1)25-37-31-19-15-29(16-20-31)35(23-24-36-34-14-8-7-13-33(34)35)30-17-21-32(22-18-30)38-26-28-11-5-2-6-12-28/h1-22H,23-26H2. The zero-order chi connectivity index (χ0) is 25.6. The van der Waals surface area contributed by atoms with E-state index in [4.69, 9.17) is 14.2 Å². The molecule has 0 N–H and O–H groups in total. The van der Waals surface area contributed by atoms with Crippen LogP contribution in [-0.2, 0) is 18.6 Å². The Labute approximate surface area is 224 Å². The van der Waals surface area contributed by atoms with Crippen LogP contribution in [0.3, 0.4) is 0 Å². The van der Waals surface area contributed by atoms with Crippen LogP contribution < -0.4 is 14.2 Å². The van der Waals surface area contributed by atoms with E-state index in [2.05, 4.69) is 91.0 Å². The Hall–Kier alpha value is -4.50. The van der Waals surface area contributed by atoms with Crippen molar-refractivity contribution in [2.75, 3.05) is 6.61 Å². The van der Waals surface area contributed by atoms with Crippen LogP contribution in [0.15, 0.2) is 133 Å². The zero-order valence-electron chi connectivity index (χ0n) is 21.3. The summed E-state index contributed by atoms with van der Waals surface area (Å²) in [6.07, 6.45) is 0.846. The van der Waals surface area contributed by atoms with Crippen LogP contribution in [0.25, 0.3) is 0 Å². The summed E-state index contributed by atoms with van der Waals surface area (Å²) in [5.41, 5.74) is 5.60. The second kappa shape index (κ2) is 10.9. The maximum absolute atomic E-state index is 6.09. The lowest BCUT2D eigenvalue weighted by Crippen LogP contribution is -2.35. The average molecular weight is 499 g/mol. The molecular weight excluding hydrogens is 468 g/mol. The third-order valence-electron chi connectivity index (χ3n) is 7.27. The molecule has 3 heteroatoms. The van der Waals surface area contributed by atoms with Gasteiger partial charge in [-0.3, -0.25) is 0 Å². The summed E-state index contributed by atoms with van der Waals surface area (Å²) in [6, 6.07) is 46.0. The molecule has 0 unspecified atom stereocenters. The molecule has 188 valence electrons. The first-order chi connectivity index (χ1) is 18.8. The van der Waals surface area contributed by atoms with Crippen LogP contribution in [0.5, 0.6) is 17.2 Å². The third kappa shape index (κ3) is 4.88. The van der Waals surface area contributed by atoms with Gasteiger partial charge in [-0.1, -0.05) is 103 Å². The van der Waals surface area contributed by atoms with Gasteiger partial charge < -0.3 is 14.2 Å². The van der Waals surface area contributed by atoms with Crippen LogP contribution in [-0.4, -0.2) is 6.61 Å². The Morgan fingerprint density at radius 1 is 0.526 bits per heavy atom. The molecular formula is C35H30O3. The number of para-hydroxylation sites is 1. The van der Waals surface area contributed by atoms with E-state index >= 15 is 0 Å². The number of hydrogen-bond donors (Lipinski definition) is 0. The van der Waals surface area contributed by atoms with Crippen molar-refractivity contribution in [1.82, 2.24) is 0 Å². The van der Waals surface area contributed by atoms with Crippen molar-refractivity contribution >= 4 is 0 Å². The summed E-state index contributed by atoms with van der Waals surface area (Å²) in [5, 5.41) is 0. The maximum Gasteiger partial charge on any atom is 0.123 e. The SMILES string of the molecule is c1ccc(COc2ccc(C3(c4ccc(OCc5ccccc5)cc4)CCOc4ccccc43)cc2)cc1. The van der Waals surface area contributed by atoms with Gasteiger partial charge in [-0.05, 0) is 59.0 Å². The summed E-state index contributed by atoms with van der Waals surface area (Å²) in [7, 11) is 0. The largest absolute Gasteiger partial charge is 0.493 e. The van der Waals surface area contributed by atoms with E-state index in [0.717, 1.165) is 34.8 Å². The summed E-state index contributed by atoms with van der Waals surface area (Å²) >= 11 is 0. The van der Waals surface area contributed by atoms with Gasteiger partial charge in [0.15, 0.2) is 0 Å². The maximum atomic E-state index is 6.09. The van der Waals surface area contributed by atoms with Gasteiger partial charge in [-0.15, -0.1) is 0 Å². The Bertz CT molecular complexity index is 1370. The molecule has 0 saturated carbocycles. The number of rotatable bonds is 8. The zero-order valence-corrected chi connectivity index (χ0v) is 21.3. The van der Waals surface area contributed by atoms with Gasteiger partial charge in [0.05, 0.1) is 12.0 Å². The molecule has 1 aliphatic rings. The number of fused-ring (bicyclic) bond motifs is 1. The first kappa shape index (κ1) is 23.9. The molecule has 0 fully saturated rings. The smallest absolute Gasteiger partial charge is 0.123 e.